The molecule has 3 fully saturated rings. The van der Waals surface area contributed by atoms with Crippen LogP contribution in [-0.4, -0.2) is 0 Å². The van der Waals surface area contributed by atoms with E-state index in [9.17, 15) is 0 Å². The molecule has 3 saturated carbocycles. The first-order valence-electron chi connectivity index (χ1n) is 13.8. The molecular weight excluding hydrogens is 336 g/mol. The fraction of sp³-hybridized carbons (Fsp3) is 1.00. The highest BCUT2D eigenvalue weighted by molar-refractivity contribution is 4.85. The molecule has 0 aromatic carbocycles. The Balaban J connectivity index is 1.28. The molecular formula is C28H52. The van der Waals surface area contributed by atoms with Crippen molar-refractivity contribution in [2.24, 2.45) is 35.5 Å². The zero-order chi connectivity index (χ0) is 19.6. The summed E-state index contributed by atoms with van der Waals surface area (Å²) in [4.78, 5) is 0. The lowest BCUT2D eigenvalue weighted by atomic mass is 9.64. The molecule has 164 valence electrons. The van der Waals surface area contributed by atoms with Gasteiger partial charge in [0.1, 0.15) is 0 Å². The van der Waals surface area contributed by atoms with Gasteiger partial charge in [-0.05, 0) is 86.9 Å². The van der Waals surface area contributed by atoms with E-state index in [0.29, 0.717) is 0 Å². The minimum atomic E-state index is 1.08. The monoisotopic (exact) mass is 388 g/mol. The van der Waals surface area contributed by atoms with Gasteiger partial charge in [0, 0.05) is 0 Å². The Labute approximate surface area is 178 Å². The zero-order valence-electron chi connectivity index (χ0n) is 19.6. The van der Waals surface area contributed by atoms with Gasteiger partial charge in [0.05, 0.1) is 0 Å². The molecule has 28 heavy (non-hydrogen) atoms. The molecule has 0 aliphatic heterocycles. The number of rotatable bonds is 10. The molecule has 0 radical (unpaired) electrons. The van der Waals surface area contributed by atoms with Crippen molar-refractivity contribution in [2.45, 2.75) is 142 Å². The Morgan fingerprint density at radius 1 is 0.393 bits per heavy atom. The van der Waals surface area contributed by atoms with E-state index in [0.717, 1.165) is 35.5 Å². The molecule has 0 nitrogen and oxygen atoms in total. The van der Waals surface area contributed by atoms with Gasteiger partial charge in [-0.3, -0.25) is 0 Å². The predicted molar refractivity (Wildman–Crippen MR) is 125 cm³/mol. The molecule has 0 aromatic rings. The van der Waals surface area contributed by atoms with Crippen LogP contribution in [0.3, 0.4) is 0 Å². The van der Waals surface area contributed by atoms with Crippen LogP contribution in [0.1, 0.15) is 142 Å². The van der Waals surface area contributed by atoms with Crippen LogP contribution >= 0.6 is 0 Å². The summed E-state index contributed by atoms with van der Waals surface area (Å²) in [5.74, 6) is 6.61. The van der Waals surface area contributed by atoms with E-state index in [-0.39, 0.29) is 0 Å². The standard InChI is InChI=1S/C28H52/c1-3-5-6-7-8-10-24-13-17-26(18-14-24)28-21-19-27(20-22-28)25-15-11-23(9-4-2)12-16-25/h23-28H,3-22H2,1-2H3. The molecule has 0 atom stereocenters. The van der Waals surface area contributed by atoms with Crippen molar-refractivity contribution >= 4 is 0 Å². The first-order chi connectivity index (χ1) is 13.8. The molecule has 3 rings (SSSR count). The lowest BCUT2D eigenvalue weighted by Gasteiger charge is -2.41. The zero-order valence-corrected chi connectivity index (χ0v) is 19.6. The summed E-state index contributed by atoms with van der Waals surface area (Å²) in [5, 5.41) is 0. The van der Waals surface area contributed by atoms with Crippen molar-refractivity contribution in [2.75, 3.05) is 0 Å². The Hall–Kier alpha value is 0. The van der Waals surface area contributed by atoms with Crippen LogP contribution < -0.4 is 0 Å². The third-order valence-electron chi connectivity index (χ3n) is 9.35. The molecule has 3 aliphatic rings. The van der Waals surface area contributed by atoms with Gasteiger partial charge in [0.15, 0.2) is 0 Å². The third-order valence-corrected chi connectivity index (χ3v) is 9.35. The van der Waals surface area contributed by atoms with Gasteiger partial charge >= 0.3 is 0 Å². The van der Waals surface area contributed by atoms with E-state index < -0.39 is 0 Å². The molecule has 0 bridgehead atoms. The van der Waals surface area contributed by atoms with Crippen molar-refractivity contribution in [3.8, 4) is 0 Å². The summed E-state index contributed by atoms with van der Waals surface area (Å²) in [6.07, 6.45) is 30.7. The van der Waals surface area contributed by atoms with Gasteiger partial charge in [0.25, 0.3) is 0 Å². The SMILES string of the molecule is CCCCCCCC1CCC(C2CCC(C3CCC(CCC)CC3)CC2)CC1. The van der Waals surface area contributed by atoms with Crippen LogP contribution in [0.5, 0.6) is 0 Å². The summed E-state index contributed by atoms with van der Waals surface area (Å²) < 4.78 is 0. The summed E-state index contributed by atoms with van der Waals surface area (Å²) in [5.41, 5.74) is 0. The molecule has 0 unspecified atom stereocenters. The smallest absolute Gasteiger partial charge is 0.0386 e. The van der Waals surface area contributed by atoms with Crippen LogP contribution in [0.25, 0.3) is 0 Å². The number of hydrogen-bond donors (Lipinski definition) is 0. The quantitative estimate of drug-likeness (QED) is 0.327. The van der Waals surface area contributed by atoms with Crippen molar-refractivity contribution in [1.82, 2.24) is 0 Å². The van der Waals surface area contributed by atoms with Gasteiger partial charge in [-0.25, -0.2) is 0 Å². The van der Waals surface area contributed by atoms with E-state index in [2.05, 4.69) is 13.8 Å². The third kappa shape index (κ3) is 7.05. The molecule has 3 aliphatic carbocycles. The Bertz CT molecular complexity index is 375. The maximum atomic E-state index is 2.37. The van der Waals surface area contributed by atoms with Crippen LogP contribution in [0.15, 0.2) is 0 Å². The average Bonchev–Trinajstić information content (AvgIpc) is 2.75. The van der Waals surface area contributed by atoms with Gasteiger partial charge in [-0.15, -0.1) is 0 Å². The van der Waals surface area contributed by atoms with E-state index in [4.69, 9.17) is 0 Å². The topological polar surface area (TPSA) is 0 Å². The summed E-state index contributed by atoms with van der Waals surface area (Å²) in [6.45, 7) is 4.70. The van der Waals surface area contributed by atoms with Crippen molar-refractivity contribution in [3.63, 3.8) is 0 Å². The average molecular weight is 389 g/mol. The van der Waals surface area contributed by atoms with Gasteiger partial charge in [0.2, 0.25) is 0 Å². The highest BCUT2D eigenvalue weighted by Gasteiger charge is 2.34. The number of hydrogen-bond acceptors (Lipinski definition) is 0. The Morgan fingerprint density at radius 2 is 0.786 bits per heavy atom. The van der Waals surface area contributed by atoms with Crippen LogP contribution in [0.2, 0.25) is 0 Å². The van der Waals surface area contributed by atoms with Crippen LogP contribution in [0, 0.1) is 35.5 Å². The highest BCUT2D eigenvalue weighted by Crippen LogP contribution is 2.46. The normalized spacial score (nSPS) is 37.1. The molecule has 0 heterocycles. The Morgan fingerprint density at radius 3 is 1.21 bits per heavy atom. The predicted octanol–water partition coefficient (Wildman–Crippen LogP) is 9.57. The molecule has 0 N–H and O–H groups in total. The second-order valence-corrected chi connectivity index (χ2v) is 11.2. The number of unbranched alkanes of at least 4 members (excludes halogenated alkanes) is 4. The fourth-order valence-electron chi connectivity index (χ4n) is 7.43. The summed E-state index contributed by atoms with van der Waals surface area (Å²) >= 11 is 0. The molecule has 0 heteroatoms. The molecule has 0 saturated heterocycles. The molecule has 0 amide bonds. The maximum Gasteiger partial charge on any atom is -0.0386 e. The van der Waals surface area contributed by atoms with E-state index >= 15 is 0 Å². The van der Waals surface area contributed by atoms with Crippen LogP contribution in [-0.2, 0) is 0 Å². The van der Waals surface area contributed by atoms with Crippen molar-refractivity contribution in [3.05, 3.63) is 0 Å². The molecule has 0 aromatic heterocycles. The van der Waals surface area contributed by atoms with E-state index in [1.165, 1.54) is 44.9 Å². The summed E-state index contributed by atoms with van der Waals surface area (Å²) in [6, 6.07) is 0. The maximum absolute atomic E-state index is 2.37. The minimum absolute atomic E-state index is 1.08. The second-order valence-electron chi connectivity index (χ2n) is 11.2. The van der Waals surface area contributed by atoms with Crippen LogP contribution in [0.4, 0.5) is 0 Å². The second kappa shape index (κ2) is 12.6. The Kier molecular flexibility index (Phi) is 10.2. The summed E-state index contributed by atoms with van der Waals surface area (Å²) in [7, 11) is 0. The molecule has 0 spiro atoms. The van der Waals surface area contributed by atoms with Crippen molar-refractivity contribution < 1.29 is 0 Å². The van der Waals surface area contributed by atoms with Crippen molar-refractivity contribution in [1.29, 1.82) is 0 Å². The highest BCUT2D eigenvalue weighted by atomic mass is 14.4. The van der Waals surface area contributed by atoms with Gasteiger partial charge in [-0.1, -0.05) is 90.9 Å². The van der Waals surface area contributed by atoms with E-state index in [1.54, 1.807) is 83.5 Å². The first-order valence-corrected chi connectivity index (χ1v) is 13.8. The fourth-order valence-corrected chi connectivity index (χ4v) is 7.43. The minimum Gasteiger partial charge on any atom is -0.0654 e. The largest absolute Gasteiger partial charge is 0.0654 e. The lowest BCUT2D eigenvalue weighted by molar-refractivity contribution is 0.102. The van der Waals surface area contributed by atoms with E-state index in [1.807, 2.05) is 0 Å². The lowest BCUT2D eigenvalue weighted by Crippen LogP contribution is -2.29. The van der Waals surface area contributed by atoms with Gasteiger partial charge in [-0.2, -0.15) is 0 Å². The first kappa shape index (κ1) is 22.7. The van der Waals surface area contributed by atoms with Gasteiger partial charge < -0.3 is 0 Å².